The van der Waals surface area contributed by atoms with E-state index in [1.165, 1.54) is 5.56 Å². The zero-order chi connectivity index (χ0) is 23.6. The Kier molecular flexibility index (Phi) is 6.35. The molecular weight excluding hydrogens is 422 g/mol. The van der Waals surface area contributed by atoms with Gasteiger partial charge < -0.3 is 14.6 Å². The molecule has 1 aromatic carbocycles. The van der Waals surface area contributed by atoms with Gasteiger partial charge in [0.2, 0.25) is 5.78 Å². The lowest BCUT2D eigenvalue weighted by Gasteiger charge is -2.19. The first-order chi connectivity index (χ1) is 15.8. The molecule has 2 fully saturated rings. The van der Waals surface area contributed by atoms with Gasteiger partial charge in [0.15, 0.2) is 6.61 Å². The van der Waals surface area contributed by atoms with Gasteiger partial charge in [-0.15, -0.1) is 0 Å². The van der Waals surface area contributed by atoms with Crippen LogP contribution < -0.4 is 5.32 Å². The number of amides is 3. The number of nitrogens with one attached hydrogen (secondary N) is 1. The molecule has 2 aliphatic rings. The first-order valence-corrected chi connectivity index (χ1v) is 11.3. The van der Waals surface area contributed by atoms with Gasteiger partial charge in [-0.2, -0.15) is 0 Å². The highest BCUT2D eigenvalue weighted by Crippen LogP contribution is 2.34. The lowest BCUT2D eigenvalue weighted by molar-refractivity contribution is -0.146. The van der Waals surface area contributed by atoms with Crippen molar-refractivity contribution < 1.29 is 23.9 Å². The van der Waals surface area contributed by atoms with Gasteiger partial charge in [0.1, 0.15) is 12.1 Å². The molecule has 0 unspecified atom stereocenters. The van der Waals surface area contributed by atoms with Crippen molar-refractivity contribution in [3.63, 3.8) is 0 Å². The van der Waals surface area contributed by atoms with Crippen molar-refractivity contribution in [2.24, 2.45) is 0 Å². The molecule has 1 aliphatic carbocycles. The number of rotatable bonds is 8. The van der Waals surface area contributed by atoms with E-state index in [9.17, 15) is 19.2 Å². The van der Waals surface area contributed by atoms with E-state index in [1.807, 2.05) is 32.0 Å². The van der Waals surface area contributed by atoms with Crippen molar-refractivity contribution >= 4 is 23.7 Å². The van der Waals surface area contributed by atoms with E-state index in [0.29, 0.717) is 18.4 Å². The predicted octanol–water partition coefficient (Wildman–Crippen LogP) is 2.94. The number of aryl methyl sites for hydroxylation is 2. The third kappa shape index (κ3) is 4.55. The van der Waals surface area contributed by atoms with Crippen molar-refractivity contribution in [3.05, 3.63) is 58.9 Å². The number of carbonyl (C=O) groups excluding carboxylic acids is 4. The number of ketones is 1. The second kappa shape index (κ2) is 9.21. The molecule has 0 radical (unpaired) electrons. The molecule has 1 saturated heterocycles. The first kappa shape index (κ1) is 22.8. The summed E-state index contributed by atoms with van der Waals surface area (Å²) < 4.78 is 7.21. The third-order valence-corrected chi connectivity index (χ3v) is 6.70. The number of aromatic nitrogens is 1. The Labute approximate surface area is 192 Å². The molecule has 1 aromatic heterocycles. The van der Waals surface area contributed by atoms with Gasteiger partial charge >= 0.3 is 12.0 Å². The zero-order valence-electron chi connectivity index (χ0n) is 19.1. The highest BCUT2D eigenvalue weighted by atomic mass is 16.5. The molecule has 8 nitrogen and oxygen atoms in total. The van der Waals surface area contributed by atoms with Gasteiger partial charge in [-0.3, -0.25) is 19.3 Å². The summed E-state index contributed by atoms with van der Waals surface area (Å²) >= 11 is 0. The molecule has 2 heterocycles. The summed E-state index contributed by atoms with van der Waals surface area (Å²) in [5.41, 5.74) is 2.63. The standard InChI is InChI=1S/C25H29N3O5/c1-17-14-20(18(2)27(17)13-10-19-8-4-3-5-9-19)21(29)16-33-22(30)15-28-23(31)25(26-24(28)32)11-6-7-12-25/h3-5,8-9,14H,6-7,10-13,15-16H2,1-2H3,(H,26,32). The smallest absolute Gasteiger partial charge is 0.326 e. The maximum Gasteiger partial charge on any atom is 0.326 e. The fourth-order valence-corrected chi connectivity index (χ4v) is 4.85. The SMILES string of the molecule is Cc1cc(C(=O)COC(=O)CN2C(=O)NC3(CCCC3)C2=O)c(C)n1CCc1ccccc1. The van der Waals surface area contributed by atoms with Crippen LogP contribution in [0.2, 0.25) is 0 Å². The maximum atomic E-state index is 12.7. The lowest BCUT2D eigenvalue weighted by Crippen LogP contribution is -2.44. The molecule has 4 rings (SSSR count). The van der Waals surface area contributed by atoms with Crippen LogP contribution in [0.1, 0.15) is 53.0 Å². The fourth-order valence-electron chi connectivity index (χ4n) is 4.85. The molecule has 3 amide bonds. The maximum absolute atomic E-state index is 12.7. The van der Waals surface area contributed by atoms with Gasteiger partial charge in [-0.25, -0.2) is 4.79 Å². The number of Topliss-reactive ketones (excluding diaryl/α,β-unsaturated/α-hetero) is 1. The van der Waals surface area contributed by atoms with E-state index in [1.54, 1.807) is 6.07 Å². The van der Waals surface area contributed by atoms with Crippen LogP contribution in [0.5, 0.6) is 0 Å². The monoisotopic (exact) mass is 451 g/mol. The fraction of sp³-hybridized carbons (Fsp3) is 0.440. The molecule has 1 N–H and O–H groups in total. The van der Waals surface area contributed by atoms with Gasteiger partial charge in [0.25, 0.3) is 5.91 Å². The summed E-state index contributed by atoms with van der Waals surface area (Å²) in [5, 5.41) is 2.73. The molecule has 1 saturated carbocycles. The van der Waals surface area contributed by atoms with Crippen LogP contribution >= 0.6 is 0 Å². The van der Waals surface area contributed by atoms with Crippen molar-refractivity contribution in [1.82, 2.24) is 14.8 Å². The Hall–Kier alpha value is -3.42. The quantitative estimate of drug-likeness (QED) is 0.378. The summed E-state index contributed by atoms with van der Waals surface area (Å²) in [4.78, 5) is 50.8. The lowest BCUT2D eigenvalue weighted by atomic mass is 9.98. The van der Waals surface area contributed by atoms with Crippen molar-refractivity contribution in [2.45, 2.75) is 58.0 Å². The molecule has 33 heavy (non-hydrogen) atoms. The number of nitrogens with zero attached hydrogens (tertiary/aromatic N) is 2. The molecule has 0 atom stereocenters. The molecule has 174 valence electrons. The van der Waals surface area contributed by atoms with Gasteiger partial charge in [0, 0.05) is 23.5 Å². The molecule has 1 spiro atoms. The van der Waals surface area contributed by atoms with Crippen LogP contribution in [-0.2, 0) is 27.3 Å². The second-order valence-corrected chi connectivity index (χ2v) is 8.87. The predicted molar refractivity (Wildman–Crippen MR) is 121 cm³/mol. The van der Waals surface area contributed by atoms with Crippen LogP contribution in [-0.4, -0.2) is 51.8 Å². The Bertz CT molecular complexity index is 1080. The summed E-state index contributed by atoms with van der Waals surface area (Å²) in [6, 6.07) is 11.3. The van der Waals surface area contributed by atoms with Crippen molar-refractivity contribution in [3.8, 4) is 0 Å². The van der Waals surface area contributed by atoms with Crippen LogP contribution in [0, 0.1) is 13.8 Å². The molecule has 2 aromatic rings. The number of hydrogen-bond acceptors (Lipinski definition) is 5. The topological polar surface area (TPSA) is 97.7 Å². The first-order valence-electron chi connectivity index (χ1n) is 11.3. The highest BCUT2D eigenvalue weighted by molar-refractivity contribution is 6.09. The third-order valence-electron chi connectivity index (χ3n) is 6.70. The van der Waals surface area contributed by atoms with E-state index >= 15 is 0 Å². The average Bonchev–Trinajstić information content (AvgIpc) is 3.45. The number of benzene rings is 1. The summed E-state index contributed by atoms with van der Waals surface area (Å²) in [5.74, 6) is -1.47. The Morgan fingerprint density at radius 1 is 1.09 bits per heavy atom. The number of hydrogen-bond donors (Lipinski definition) is 1. The minimum Gasteiger partial charge on any atom is -0.456 e. The van der Waals surface area contributed by atoms with Crippen LogP contribution in [0.3, 0.4) is 0 Å². The zero-order valence-corrected chi connectivity index (χ0v) is 19.1. The van der Waals surface area contributed by atoms with Gasteiger partial charge in [-0.1, -0.05) is 43.2 Å². The Morgan fingerprint density at radius 3 is 2.48 bits per heavy atom. The minimum atomic E-state index is -0.871. The highest BCUT2D eigenvalue weighted by Gasteiger charge is 2.52. The van der Waals surface area contributed by atoms with Gasteiger partial charge in [0.05, 0.1) is 0 Å². The van der Waals surface area contributed by atoms with E-state index in [0.717, 1.165) is 42.1 Å². The molecule has 1 aliphatic heterocycles. The molecule has 0 bridgehead atoms. The largest absolute Gasteiger partial charge is 0.456 e. The number of urea groups is 1. The van der Waals surface area contributed by atoms with E-state index in [-0.39, 0.29) is 11.7 Å². The van der Waals surface area contributed by atoms with Crippen LogP contribution in [0.4, 0.5) is 4.79 Å². The molecular formula is C25H29N3O5. The van der Waals surface area contributed by atoms with Crippen LogP contribution in [0.15, 0.2) is 36.4 Å². The van der Waals surface area contributed by atoms with E-state index in [2.05, 4.69) is 22.0 Å². The van der Waals surface area contributed by atoms with Gasteiger partial charge in [-0.05, 0) is 44.7 Å². The summed E-state index contributed by atoms with van der Waals surface area (Å²) in [6.07, 6.45) is 3.74. The number of carbonyl (C=O) groups is 4. The number of esters is 1. The Balaban J connectivity index is 1.33. The summed E-state index contributed by atoms with van der Waals surface area (Å²) in [7, 11) is 0. The number of ether oxygens (including phenoxy) is 1. The second-order valence-electron chi connectivity index (χ2n) is 8.87. The van der Waals surface area contributed by atoms with E-state index < -0.39 is 30.7 Å². The number of imide groups is 1. The normalized spacial score (nSPS) is 17.0. The van der Waals surface area contributed by atoms with Crippen molar-refractivity contribution in [1.29, 1.82) is 0 Å². The van der Waals surface area contributed by atoms with E-state index in [4.69, 9.17) is 4.74 Å². The van der Waals surface area contributed by atoms with Crippen molar-refractivity contribution in [2.75, 3.05) is 13.2 Å². The average molecular weight is 452 g/mol. The minimum absolute atomic E-state index is 0.313. The van der Waals surface area contributed by atoms with Crippen LogP contribution in [0.25, 0.3) is 0 Å². The Morgan fingerprint density at radius 2 is 1.79 bits per heavy atom. The molecule has 8 heteroatoms. The summed E-state index contributed by atoms with van der Waals surface area (Å²) in [6.45, 7) is 3.63.